The van der Waals surface area contributed by atoms with Gasteiger partial charge in [0.1, 0.15) is 0 Å². The molecule has 1 unspecified atom stereocenters. The van der Waals surface area contributed by atoms with Crippen molar-refractivity contribution in [3.05, 3.63) is 18.0 Å². The molecule has 0 fully saturated rings. The minimum absolute atomic E-state index is 0.0637. The van der Waals surface area contributed by atoms with E-state index in [0.29, 0.717) is 23.9 Å². The molecule has 0 aliphatic rings. The number of amides is 1. The Hall–Kier alpha value is -1.32. The molecule has 1 amide bonds. The number of aromatic nitrogens is 2. The van der Waals surface area contributed by atoms with Gasteiger partial charge in [0.15, 0.2) is 0 Å². The van der Waals surface area contributed by atoms with Gasteiger partial charge in [-0.1, -0.05) is 20.8 Å². The maximum atomic E-state index is 11.5. The normalized spacial score (nSPS) is 12.9. The van der Waals surface area contributed by atoms with E-state index in [2.05, 4.69) is 36.3 Å². The van der Waals surface area contributed by atoms with E-state index >= 15 is 0 Å². The Morgan fingerprint density at radius 2 is 2.29 bits per heavy atom. The molecular formula is C10H17N3O. The summed E-state index contributed by atoms with van der Waals surface area (Å²) in [5.74, 6) is 1.01. The summed E-state index contributed by atoms with van der Waals surface area (Å²) in [7, 11) is 0. The summed E-state index contributed by atoms with van der Waals surface area (Å²) in [5.41, 5.74) is 0.584. The first-order chi connectivity index (χ1) is 6.61. The van der Waals surface area contributed by atoms with E-state index in [9.17, 15) is 4.79 Å². The number of carbonyl (C=O) groups is 1. The van der Waals surface area contributed by atoms with Crippen molar-refractivity contribution in [1.82, 2.24) is 15.5 Å². The molecule has 1 atom stereocenters. The maximum absolute atomic E-state index is 11.5. The van der Waals surface area contributed by atoms with Gasteiger partial charge in [-0.25, -0.2) is 0 Å². The number of nitrogens with one attached hydrogen (secondary N) is 2. The lowest BCUT2D eigenvalue weighted by Gasteiger charge is -2.15. The summed E-state index contributed by atoms with van der Waals surface area (Å²) in [6.45, 7) is 7.13. The van der Waals surface area contributed by atoms with E-state index in [1.807, 2.05) is 0 Å². The number of rotatable bonds is 4. The lowest BCUT2D eigenvalue weighted by Crippen LogP contribution is -2.29. The smallest absolute Gasteiger partial charge is 0.254 e. The number of aromatic amines is 1. The van der Waals surface area contributed by atoms with Crippen LogP contribution in [0.4, 0.5) is 0 Å². The lowest BCUT2D eigenvalue weighted by molar-refractivity contribution is 0.0945. The molecule has 4 nitrogen and oxygen atoms in total. The highest BCUT2D eigenvalue weighted by Gasteiger charge is 2.10. The zero-order chi connectivity index (χ0) is 10.6. The molecule has 4 heteroatoms. The second-order valence-corrected chi connectivity index (χ2v) is 3.92. The molecule has 0 saturated carbocycles. The molecule has 0 radical (unpaired) electrons. The fraction of sp³-hybridized carbons (Fsp3) is 0.600. The fourth-order valence-corrected chi connectivity index (χ4v) is 0.967. The third-order valence-corrected chi connectivity index (χ3v) is 2.48. The molecule has 1 aromatic heterocycles. The van der Waals surface area contributed by atoms with E-state index in [0.717, 1.165) is 0 Å². The molecule has 78 valence electrons. The summed E-state index contributed by atoms with van der Waals surface area (Å²) >= 11 is 0. The molecule has 0 aromatic carbocycles. The van der Waals surface area contributed by atoms with Crippen LogP contribution in [0.1, 0.15) is 31.1 Å². The Balaban J connectivity index is 2.36. The van der Waals surface area contributed by atoms with Crippen LogP contribution in [0.15, 0.2) is 12.4 Å². The lowest BCUT2D eigenvalue weighted by atomic mass is 9.98. The van der Waals surface area contributed by atoms with Gasteiger partial charge < -0.3 is 5.32 Å². The first-order valence-corrected chi connectivity index (χ1v) is 4.88. The Bertz CT molecular complexity index is 280. The van der Waals surface area contributed by atoms with Crippen molar-refractivity contribution in [2.24, 2.45) is 11.8 Å². The van der Waals surface area contributed by atoms with Gasteiger partial charge in [-0.2, -0.15) is 5.10 Å². The van der Waals surface area contributed by atoms with Crippen molar-refractivity contribution in [3.8, 4) is 0 Å². The first-order valence-electron chi connectivity index (χ1n) is 4.88. The second kappa shape index (κ2) is 4.79. The molecule has 0 aliphatic heterocycles. The quantitative estimate of drug-likeness (QED) is 0.763. The summed E-state index contributed by atoms with van der Waals surface area (Å²) in [4.78, 5) is 11.5. The van der Waals surface area contributed by atoms with Gasteiger partial charge in [0, 0.05) is 12.7 Å². The zero-order valence-corrected chi connectivity index (χ0v) is 8.87. The van der Waals surface area contributed by atoms with Gasteiger partial charge in [-0.15, -0.1) is 0 Å². The van der Waals surface area contributed by atoms with Gasteiger partial charge >= 0.3 is 0 Å². The molecule has 1 rings (SSSR count). The van der Waals surface area contributed by atoms with E-state index in [1.165, 1.54) is 6.20 Å². The van der Waals surface area contributed by atoms with Crippen molar-refractivity contribution in [2.75, 3.05) is 6.54 Å². The number of hydrogen-bond acceptors (Lipinski definition) is 2. The molecule has 0 spiro atoms. The highest BCUT2D eigenvalue weighted by molar-refractivity contribution is 5.93. The number of H-pyrrole nitrogens is 1. The topological polar surface area (TPSA) is 57.8 Å². The molecule has 1 heterocycles. The Kier molecular flexibility index (Phi) is 3.68. The summed E-state index contributed by atoms with van der Waals surface area (Å²) in [6.07, 6.45) is 3.12. The Morgan fingerprint density at radius 3 is 2.79 bits per heavy atom. The highest BCUT2D eigenvalue weighted by atomic mass is 16.1. The molecule has 1 aromatic rings. The van der Waals surface area contributed by atoms with E-state index < -0.39 is 0 Å². The molecule has 0 bridgehead atoms. The van der Waals surface area contributed by atoms with Crippen molar-refractivity contribution < 1.29 is 4.79 Å². The molecule has 0 aliphatic carbocycles. The van der Waals surface area contributed by atoms with Gasteiger partial charge in [0.2, 0.25) is 0 Å². The summed E-state index contributed by atoms with van der Waals surface area (Å²) in [6, 6.07) is 0. The maximum Gasteiger partial charge on any atom is 0.254 e. The van der Waals surface area contributed by atoms with Crippen LogP contribution in [0.2, 0.25) is 0 Å². The van der Waals surface area contributed by atoms with Crippen molar-refractivity contribution in [1.29, 1.82) is 0 Å². The van der Waals surface area contributed by atoms with Crippen LogP contribution >= 0.6 is 0 Å². The van der Waals surface area contributed by atoms with Gasteiger partial charge in [-0.3, -0.25) is 9.89 Å². The Morgan fingerprint density at radius 1 is 1.57 bits per heavy atom. The first kappa shape index (κ1) is 10.8. The van der Waals surface area contributed by atoms with Gasteiger partial charge in [0.25, 0.3) is 5.91 Å². The van der Waals surface area contributed by atoms with Crippen molar-refractivity contribution in [3.63, 3.8) is 0 Å². The standard InChI is InChI=1S/C10H17N3O/c1-7(2)8(3)4-11-10(14)9-5-12-13-6-9/h5-8H,4H2,1-3H3,(H,11,14)(H,12,13). The van der Waals surface area contributed by atoms with Crippen molar-refractivity contribution >= 4 is 5.91 Å². The third kappa shape index (κ3) is 2.87. The van der Waals surface area contributed by atoms with E-state index in [4.69, 9.17) is 0 Å². The predicted octanol–water partition coefficient (Wildman–Crippen LogP) is 1.43. The number of carbonyl (C=O) groups excluding carboxylic acids is 1. The van der Waals surface area contributed by atoms with Crippen LogP contribution in [0.5, 0.6) is 0 Å². The summed E-state index contributed by atoms with van der Waals surface area (Å²) < 4.78 is 0. The third-order valence-electron chi connectivity index (χ3n) is 2.48. The summed E-state index contributed by atoms with van der Waals surface area (Å²) in [5, 5.41) is 9.20. The van der Waals surface area contributed by atoms with Crippen LogP contribution in [-0.2, 0) is 0 Å². The molecule has 2 N–H and O–H groups in total. The molecular weight excluding hydrogens is 178 g/mol. The zero-order valence-electron chi connectivity index (χ0n) is 8.87. The van der Waals surface area contributed by atoms with Crippen LogP contribution in [0.25, 0.3) is 0 Å². The largest absolute Gasteiger partial charge is 0.352 e. The van der Waals surface area contributed by atoms with Crippen LogP contribution < -0.4 is 5.32 Å². The van der Waals surface area contributed by atoms with Crippen LogP contribution in [-0.4, -0.2) is 22.6 Å². The van der Waals surface area contributed by atoms with E-state index in [1.54, 1.807) is 6.20 Å². The SMILES string of the molecule is CC(C)C(C)CNC(=O)c1cn[nH]c1. The van der Waals surface area contributed by atoms with E-state index in [-0.39, 0.29) is 5.91 Å². The van der Waals surface area contributed by atoms with Crippen LogP contribution in [0.3, 0.4) is 0 Å². The molecule has 0 saturated heterocycles. The van der Waals surface area contributed by atoms with Gasteiger partial charge in [-0.05, 0) is 11.8 Å². The minimum Gasteiger partial charge on any atom is -0.352 e. The predicted molar refractivity (Wildman–Crippen MR) is 54.9 cm³/mol. The fourth-order valence-electron chi connectivity index (χ4n) is 0.967. The average Bonchev–Trinajstić information content (AvgIpc) is 2.66. The number of hydrogen-bond donors (Lipinski definition) is 2. The van der Waals surface area contributed by atoms with Gasteiger partial charge in [0.05, 0.1) is 11.8 Å². The monoisotopic (exact) mass is 195 g/mol. The second-order valence-electron chi connectivity index (χ2n) is 3.92. The van der Waals surface area contributed by atoms with Crippen LogP contribution in [0, 0.1) is 11.8 Å². The Labute approximate surface area is 84.1 Å². The number of nitrogens with zero attached hydrogens (tertiary/aromatic N) is 1. The molecule has 14 heavy (non-hydrogen) atoms. The van der Waals surface area contributed by atoms with Crippen molar-refractivity contribution in [2.45, 2.75) is 20.8 Å². The highest BCUT2D eigenvalue weighted by Crippen LogP contribution is 2.07. The average molecular weight is 195 g/mol. The minimum atomic E-state index is -0.0637.